The normalized spacial score (nSPS) is 15.8. The van der Waals surface area contributed by atoms with Crippen LogP contribution in [0.25, 0.3) is 10.9 Å². The van der Waals surface area contributed by atoms with E-state index in [0.29, 0.717) is 31.0 Å². The Bertz CT molecular complexity index is 668. The summed E-state index contributed by atoms with van der Waals surface area (Å²) in [6.45, 7) is 1.33. The fourth-order valence-electron chi connectivity index (χ4n) is 2.58. The number of aromatic nitrogens is 1. The summed E-state index contributed by atoms with van der Waals surface area (Å²) in [6.07, 6.45) is 2.73. The van der Waals surface area contributed by atoms with Crippen molar-refractivity contribution in [1.82, 2.24) is 9.47 Å². The molecule has 1 fully saturated rings. The molecule has 1 aliphatic heterocycles. The molecule has 1 aromatic heterocycles. The van der Waals surface area contributed by atoms with Gasteiger partial charge in [-0.05, 0) is 6.07 Å². The number of fused-ring (bicyclic) bond motifs is 1. The van der Waals surface area contributed by atoms with Crippen LogP contribution in [-0.4, -0.2) is 34.2 Å². The molecule has 20 heavy (non-hydrogen) atoms. The van der Waals surface area contributed by atoms with Gasteiger partial charge in [0, 0.05) is 37.5 Å². The van der Waals surface area contributed by atoms with E-state index in [4.69, 9.17) is 11.6 Å². The molecule has 1 amide bonds. The van der Waals surface area contributed by atoms with Crippen molar-refractivity contribution in [2.45, 2.75) is 19.4 Å². The van der Waals surface area contributed by atoms with Gasteiger partial charge < -0.3 is 9.47 Å². The van der Waals surface area contributed by atoms with E-state index < -0.39 is 0 Å². The zero-order valence-corrected chi connectivity index (χ0v) is 11.8. The second kappa shape index (κ2) is 5.29. The van der Waals surface area contributed by atoms with Gasteiger partial charge in [0.2, 0.25) is 5.91 Å². The van der Waals surface area contributed by atoms with E-state index in [9.17, 15) is 9.59 Å². The molecule has 2 heterocycles. The van der Waals surface area contributed by atoms with E-state index >= 15 is 0 Å². The summed E-state index contributed by atoms with van der Waals surface area (Å²) in [6, 6.07) is 7.75. The first-order valence-corrected chi connectivity index (χ1v) is 7.06. The number of ketones is 1. The number of benzene rings is 1. The first-order valence-electron chi connectivity index (χ1n) is 6.68. The van der Waals surface area contributed by atoms with Crippen LogP contribution >= 0.6 is 11.6 Å². The minimum Gasteiger partial charge on any atom is -0.340 e. The Morgan fingerprint density at radius 2 is 1.90 bits per heavy atom. The molecule has 0 N–H and O–H groups in total. The summed E-state index contributed by atoms with van der Waals surface area (Å²) >= 11 is 6.18. The molecular formula is C15H15ClN2O2. The van der Waals surface area contributed by atoms with E-state index in [-0.39, 0.29) is 18.2 Å². The summed E-state index contributed by atoms with van der Waals surface area (Å²) in [7, 11) is 0. The van der Waals surface area contributed by atoms with Crippen LogP contribution in [0.15, 0.2) is 30.5 Å². The maximum absolute atomic E-state index is 12.3. The highest BCUT2D eigenvalue weighted by atomic mass is 35.5. The van der Waals surface area contributed by atoms with Crippen LogP contribution in [-0.2, 0) is 16.1 Å². The number of carbonyl (C=O) groups is 2. The largest absolute Gasteiger partial charge is 0.340 e. The third-order valence-electron chi connectivity index (χ3n) is 3.72. The Labute approximate surface area is 121 Å². The molecule has 0 unspecified atom stereocenters. The third-order valence-corrected chi connectivity index (χ3v) is 4.02. The Hall–Kier alpha value is -1.81. The van der Waals surface area contributed by atoms with Crippen LogP contribution in [0.4, 0.5) is 0 Å². The molecule has 0 radical (unpaired) electrons. The van der Waals surface area contributed by atoms with Gasteiger partial charge in [0.1, 0.15) is 12.3 Å². The molecule has 104 valence electrons. The van der Waals surface area contributed by atoms with Gasteiger partial charge in [0.05, 0.1) is 10.5 Å². The highest BCUT2D eigenvalue weighted by Crippen LogP contribution is 2.25. The quantitative estimate of drug-likeness (QED) is 0.853. The van der Waals surface area contributed by atoms with Crippen molar-refractivity contribution in [1.29, 1.82) is 0 Å². The lowest BCUT2D eigenvalue weighted by atomic mass is 10.1. The first-order chi connectivity index (χ1) is 9.65. The molecular weight excluding hydrogens is 276 g/mol. The monoisotopic (exact) mass is 290 g/mol. The van der Waals surface area contributed by atoms with Crippen molar-refractivity contribution in [3.63, 3.8) is 0 Å². The molecule has 0 saturated carbocycles. The molecule has 0 atom stereocenters. The number of piperidine rings is 1. The lowest BCUT2D eigenvalue weighted by Gasteiger charge is -2.26. The molecule has 1 aliphatic rings. The number of Topliss-reactive ketones (excluding diaryl/α,β-unsaturated/α-hetero) is 1. The summed E-state index contributed by atoms with van der Waals surface area (Å²) < 4.78 is 1.87. The molecule has 5 heteroatoms. The molecule has 1 aromatic carbocycles. The van der Waals surface area contributed by atoms with Gasteiger partial charge in [-0.1, -0.05) is 29.8 Å². The fourth-order valence-corrected chi connectivity index (χ4v) is 2.86. The number of hydrogen-bond acceptors (Lipinski definition) is 2. The number of rotatable bonds is 2. The number of likely N-dealkylation sites (tertiary alicyclic amines) is 1. The topological polar surface area (TPSA) is 42.3 Å². The standard InChI is InChI=1S/C15H15ClN2O2/c16-13-9-18(14-4-2-1-3-12(13)14)10-15(20)17-7-5-11(19)6-8-17/h1-4,9H,5-8,10H2. The highest BCUT2D eigenvalue weighted by molar-refractivity contribution is 6.35. The Morgan fingerprint density at radius 3 is 2.65 bits per heavy atom. The van der Waals surface area contributed by atoms with Crippen molar-refractivity contribution in [2.75, 3.05) is 13.1 Å². The summed E-state index contributed by atoms with van der Waals surface area (Å²) in [4.78, 5) is 25.2. The predicted octanol–water partition coefficient (Wildman–Crippen LogP) is 2.49. The molecule has 3 rings (SSSR count). The average molecular weight is 291 g/mol. The number of carbonyl (C=O) groups excluding carboxylic acids is 2. The predicted molar refractivity (Wildman–Crippen MR) is 77.8 cm³/mol. The minimum absolute atomic E-state index is 0.0370. The SMILES string of the molecule is O=C1CCN(C(=O)Cn2cc(Cl)c3ccccc32)CC1. The minimum atomic E-state index is 0.0370. The van der Waals surface area contributed by atoms with Crippen LogP contribution < -0.4 is 0 Å². The maximum Gasteiger partial charge on any atom is 0.242 e. The molecule has 0 bridgehead atoms. The molecule has 4 nitrogen and oxygen atoms in total. The number of halogens is 1. The second-order valence-electron chi connectivity index (χ2n) is 5.04. The van der Waals surface area contributed by atoms with Gasteiger partial charge in [-0.15, -0.1) is 0 Å². The first kappa shape index (κ1) is 13.2. The lowest BCUT2D eigenvalue weighted by Crippen LogP contribution is -2.40. The van der Waals surface area contributed by atoms with E-state index in [1.165, 1.54) is 0 Å². The number of nitrogens with zero attached hydrogens (tertiary/aromatic N) is 2. The number of amides is 1. The maximum atomic E-state index is 12.3. The van der Waals surface area contributed by atoms with E-state index in [2.05, 4.69) is 0 Å². The Kier molecular flexibility index (Phi) is 3.49. The second-order valence-corrected chi connectivity index (χ2v) is 5.45. The van der Waals surface area contributed by atoms with Gasteiger partial charge in [0.25, 0.3) is 0 Å². The van der Waals surface area contributed by atoms with E-state index in [1.54, 1.807) is 11.1 Å². The molecule has 2 aromatic rings. The van der Waals surface area contributed by atoms with Crippen LogP contribution in [0.5, 0.6) is 0 Å². The van der Waals surface area contributed by atoms with Crippen molar-refractivity contribution in [3.05, 3.63) is 35.5 Å². The van der Waals surface area contributed by atoms with Crippen molar-refractivity contribution < 1.29 is 9.59 Å². The van der Waals surface area contributed by atoms with Gasteiger partial charge in [-0.3, -0.25) is 9.59 Å². The Morgan fingerprint density at radius 1 is 1.20 bits per heavy atom. The zero-order valence-electron chi connectivity index (χ0n) is 11.0. The molecule has 0 aliphatic carbocycles. The van der Waals surface area contributed by atoms with Gasteiger partial charge in [-0.25, -0.2) is 0 Å². The zero-order chi connectivity index (χ0) is 14.1. The van der Waals surface area contributed by atoms with Crippen LogP contribution in [0.2, 0.25) is 5.02 Å². The molecule has 0 spiro atoms. The Balaban J connectivity index is 1.79. The lowest BCUT2D eigenvalue weighted by molar-refractivity contribution is -0.135. The van der Waals surface area contributed by atoms with E-state index in [0.717, 1.165) is 10.9 Å². The fraction of sp³-hybridized carbons (Fsp3) is 0.333. The van der Waals surface area contributed by atoms with E-state index in [1.807, 2.05) is 28.8 Å². The van der Waals surface area contributed by atoms with Crippen molar-refractivity contribution in [2.24, 2.45) is 0 Å². The number of hydrogen-bond donors (Lipinski definition) is 0. The van der Waals surface area contributed by atoms with Gasteiger partial charge in [-0.2, -0.15) is 0 Å². The van der Waals surface area contributed by atoms with Gasteiger partial charge >= 0.3 is 0 Å². The van der Waals surface area contributed by atoms with Crippen LogP contribution in [0, 0.1) is 0 Å². The molecule has 1 saturated heterocycles. The summed E-state index contributed by atoms with van der Waals surface area (Å²) in [5.41, 5.74) is 0.957. The number of para-hydroxylation sites is 1. The smallest absolute Gasteiger partial charge is 0.242 e. The average Bonchev–Trinajstić information content (AvgIpc) is 2.77. The third kappa shape index (κ3) is 2.43. The van der Waals surface area contributed by atoms with Crippen LogP contribution in [0.3, 0.4) is 0 Å². The van der Waals surface area contributed by atoms with Gasteiger partial charge in [0.15, 0.2) is 0 Å². The van der Waals surface area contributed by atoms with Crippen molar-refractivity contribution in [3.8, 4) is 0 Å². The highest BCUT2D eigenvalue weighted by Gasteiger charge is 2.21. The van der Waals surface area contributed by atoms with Crippen molar-refractivity contribution >= 4 is 34.2 Å². The summed E-state index contributed by atoms with van der Waals surface area (Å²) in [5, 5.41) is 1.61. The van der Waals surface area contributed by atoms with Crippen LogP contribution in [0.1, 0.15) is 12.8 Å². The summed E-state index contributed by atoms with van der Waals surface area (Å²) in [5.74, 6) is 0.276.